The van der Waals surface area contributed by atoms with Crippen molar-refractivity contribution in [3.8, 4) is 5.75 Å². The molecule has 2 rings (SSSR count). The van der Waals surface area contributed by atoms with E-state index < -0.39 is 0 Å². The van der Waals surface area contributed by atoms with Gasteiger partial charge in [0.2, 0.25) is 0 Å². The van der Waals surface area contributed by atoms with Crippen LogP contribution in [0.4, 0.5) is 5.82 Å². The summed E-state index contributed by atoms with van der Waals surface area (Å²) in [6.07, 6.45) is 2.52. The van der Waals surface area contributed by atoms with Crippen LogP contribution in [0.25, 0.3) is 0 Å². The number of hydrogen-bond acceptors (Lipinski definition) is 3. The van der Waals surface area contributed by atoms with Gasteiger partial charge in [0.15, 0.2) is 11.6 Å². The number of ether oxygens (including phenoxy) is 1. The number of anilines is 1. The third kappa shape index (κ3) is 2.73. The van der Waals surface area contributed by atoms with E-state index in [1.165, 1.54) is 5.56 Å². The third-order valence-corrected chi connectivity index (χ3v) is 2.29. The highest BCUT2D eigenvalue weighted by Gasteiger charge is 1.99. The Morgan fingerprint density at radius 1 is 1.06 bits per heavy atom. The molecule has 0 spiro atoms. The van der Waals surface area contributed by atoms with Crippen LogP contribution in [0.15, 0.2) is 48.7 Å². The van der Waals surface area contributed by atoms with Gasteiger partial charge in [0.05, 0.1) is 6.61 Å². The number of pyridine rings is 1. The van der Waals surface area contributed by atoms with Gasteiger partial charge in [-0.2, -0.15) is 0 Å². The van der Waals surface area contributed by atoms with E-state index in [2.05, 4.69) is 17.1 Å². The number of aromatic nitrogens is 1. The Morgan fingerprint density at radius 3 is 2.62 bits per heavy atom. The summed E-state index contributed by atoms with van der Waals surface area (Å²) in [7, 11) is 0. The van der Waals surface area contributed by atoms with Crippen molar-refractivity contribution in [2.45, 2.75) is 6.42 Å². The number of hydrogen-bond donors (Lipinski definition) is 1. The molecule has 2 N–H and O–H groups in total. The lowest BCUT2D eigenvalue weighted by Gasteiger charge is -2.07. The molecule has 0 fully saturated rings. The summed E-state index contributed by atoms with van der Waals surface area (Å²) in [5.74, 6) is 1.09. The van der Waals surface area contributed by atoms with Gasteiger partial charge in [-0.25, -0.2) is 4.98 Å². The molecule has 0 saturated heterocycles. The van der Waals surface area contributed by atoms with Crippen LogP contribution in [0.5, 0.6) is 5.75 Å². The van der Waals surface area contributed by atoms with Gasteiger partial charge in [0, 0.05) is 12.6 Å². The highest BCUT2D eigenvalue weighted by Crippen LogP contribution is 2.16. The standard InChI is InChI=1S/C13H14N2O/c14-13-12(7-4-9-15-13)16-10-8-11-5-2-1-3-6-11/h1-7,9H,8,10H2,(H2,14,15). The first kappa shape index (κ1) is 10.5. The Morgan fingerprint density at radius 2 is 1.88 bits per heavy atom. The Labute approximate surface area is 94.9 Å². The van der Waals surface area contributed by atoms with Gasteiger partial charge < -0.3 is 10.5 Å². The lowest BCUT2D eigenvalue weighted by atomic mass is 10.2. The van der Waals surface area contributed by atoms with Crippen molar-refractivity contribution in [2.75, 3.05) is 12.3 Å². The van der Waals surface area contributed by atoms with Crippen molar-refractivity contribution in [3.05, 3.63) is 54.2 Å². The normalized spacial score (nSPS) is 10.0. The monoisotopic (exact) mass is 214 g/mol. The molecule has 0 aliphatic carbocycles. The summed E-state index contributed by atoms with van der Waals surface area (Å²) in [6.45, 7) is 0.611. The predicted molar refractivity (Wildman–Crippen MR) is 64.3 cm³/mol. The van der Waals surface area contributed by atoms with Crippen molar-refractivity contribution in [1.29, 1.82) is 0 Å². The van der Waals surface area contributed by atoms with Crippen molar-refractivity contribution in [1.82, 2.24) is 4.98 Å². The first-order valence-electron chi connectivity index (χ1n) is 5.23. The fourth-order valence-corrected chi connectivity index (χ4v) is 1.45. The lowest BCUT2D eigenvalue weighted by molar-refractivity contribution is 0.322. The van der Waals surface area contributed by atoms with Crippen LogP contribution in [-0.4, -0.2) is 11.6 Å². The number of nitrogens with zero attached hydrogens (tertiary/aromatic N) is 1. The van der Waals surface area contributed by atoms with Crippen molar-refractivity contribution in [2.24, 2.45) is 0 Å². The van der Waals surface area contributed by atoms with E-state index in [4.69, 9.17) is 10.5 Å². The van der Waals surface area contributed by atoms with Crippen LogP contribution in [0.3, 0.4) is 0 Å². The van der Waals surface area contributed by atoms with Crippen molar-refractivity contribution < 1.29 is 4.74 Å². The van der Waals surface area contributed by atoms with E-state index in [9.17, 15) is 0 Å². The minimum absolute atomic E-state index is 0.440. The average Bonchev–Trinajstić information content (AvgIpc) is 2.33. The largest absolute Gasteiger partial charge is 0.489 e. The second-order valence-electron chi connectivity index (χ2n) is 3.47. The van der Waals surface area contributed by atoms with E-state index in [1.54, 1.807) is 6.20 Å². The second kappa shape index (κ2) is 5.16. The number of nitrogens with two attached hydrogens (primary N) is 1. The molecule has 0 aliphatic rings. The zero-order chi connectivity index (χ0) is 11.2. The molecule has 1 aromatic carbocycles. The summed E-state index contributed by atoms with van der Waals surface area (Å²) < 4.78 is 5.55. The molecule has 0 saturated carbocycles. The van der Waals surface area contributed by atoms with Crippen LogP contribution in [-0.2, 0) is 6.42 Å². The minimum Gasteiger partial charge on any atom is -0.489 e. The molecule has 0 unspecified atom stereocenters. The number of nitrogen functional groups attached to an aromatic ring is 1. The maximum absolute atomic E-state index is 5.66. The van der Waals surface area contributed by atoms with Crippen LogP contribution in [0.1, 0.15) is 5.56 Å². The van der Waals surface area contributed by atoms with E-state index in [-0.39, 0.29) is 0 Å². The van der Waals surface area contributed by atoms with E-state index in [0.29, 0.717) is 18.2 Å². The fourth-order valence-electron chi connectivity index (χ4n) is 1.45. The molecular weight excluding hydrogens is 200 g/mol. The van der Waals surface area contributed by atoms with Crippen molar-refractivity contribution in [3.63, 3.8) is 0 Å². The van der Waals surface area contributed by atoms with Gasteiger partial charge >= 0.3 is 0 Å². The van der Waals surface area contributed by atoms with Gasteiger partial charge in [-0.15, -0.1) is 0 Å². The first-order chi connectivity index (χ1) is 7.86. The fraction of sp³-hybridized carbons (Fsp3) is 0.154. The Bertz CT molecular complexity index is 443. The van der Waals surface area contributed by atoms with Gasteiger partial charge in [-0.1, -0.05) is 30.3 Å². The van der Waals surface area contributed by atoms with Gasteiger partial charge in [-0.3, -0.25) is 0 Å². The topological polar surface area (TPSA) is 48.1 Å². The maximum Gasteiger partial charge on any atom is 0.166 e. The summed E-state index contributed by atoms with van der Waals surface area (Å²) in [5.41, 5.74) is 6.92. The van der Waals surface area contributed by atoms with E-state index >= 15 is 0 Å². The van der Waals surface area contributed by atoms with Gasteiger partial charge in [0.1, 0.15) is 0 Å². The number of rotatable bonds is 4. The zero-order valence-corrected chi connectivity index (χ0v) is 8.97. The second-order valence-corrected chi connectivity index (χ2v) is 3.47. The highest BCUT2D eigenvalue weighted by molar-refractivity contribution is 5.44. The predicted octanol–water partition coefficient (Wildman–Crippen LogP) is 2.29. The molecule has 0 bridgehead atoms. The molecule has 1 aromatic heterocycles. The summed E-state index contributed by atoms with van der Waals surface area (Å²) in [5, 5.41) is 0. The van der Waals surface area contributed by atoms with Gasteiger partial charge in [-0.05, 0) is 17.7 Å². The summed E-state index contributed by atoms with van der Waals surface area (Å²) in [4.78, 5) is 3.96. The molecule has 0 radical (unpaired) electrons. The van der Waals surface area contributed by atoms with Crippen LogP contribution in [0, 0.1) is 0 Å². The molecule has 1 heterocycles. The molecule has 0 atom stereocenters. The Kier molecular flexibility index (Phi) is 3.38. The van der Waals surface area contributed by atoms with Crippen LogP contribution < -0.4 is 10.5 Å². The van der Waals surface area contributed by atoms with E-state index in [0.717, 1.165) is 6.42 Å². The molecule has 0 amide bonds. The van der Waals surface area contributed by atoms with Crippen LogP contribution in [0.2, 0.25) is 0 Å². The van der Waals surface area contributed by atoms with E-state index in [1.807, 2.05) is 30.3 Å². The third-order valence-electron chi connectivity index (χ3n) is 2.29. The number of benzene rings is 1. The molecule has 3 nitrogen and oxygen atoms in total. The maximum atomic E-state index is 5.66. The molecule has 3 heteroatoms. The smallest absolute Gasteiger partial charge is 0.166 e. The lowest BCUT2D eigenvalue weighted by Crippen LogP contribution is -2.04. The zero-order valence-electron chi connectivity index (χ0n) is 8.97. The van der Waals surface area contributed by atoms with Gasteiger partial charge in [0.25, 0.3) is 0 Å². The quantitative estimate of drug-likeness (QED) is 0.849. The minimum atomic E-state index is 0.440. The van der Waals surface area contributed by atoms with Crippen LogP contribution >= 0.6 is 0 Å². The summed E-state index contributed by atoms with van der Waals surface area (Å²) in [6, 6.07) is 13.8. The molecule has 16 heavy (non-hydrogen) atoms. The molecule has 0 aliphatic heterocycles. The molecule has 82 valence electrons. The average molecular weight is 214 g/mol. The Hall–Kier alpha value is -2.03. The summed E-state index contributed by atoms with van der Waals surface area (Å²) >= 11 is 0. The van der Waals surface area contributed by atoms with Crippen molar-refractivity contribution >= 4 is 5.82 Å². The Balaban J connectivity index is 1.87. The highest BCUT2D eigenvalue weighted by atomic mass is 16.5. The SMILES string of the molecule is Nc1ncccc1OCCc1ccccc1. The molecule has 2 aromatic rings. The molecular formula is C13H14N2O. The first-order valence-corrected chi connectivity index (χ1v) is 5.23.